The van der Waals surface area contributed by atoms with E-state index in [9.17, 15) is 9.90 Å². The molecular formula is C43H52F2N4O5Si. The number of aliphatic hydroxyl groups is 1. The quantitative estimate of drug-likeness (QED) is 0.0860. The van der Waals surface area contributed by atoms with Gasteiger partial charge in [0.05, 0.1) is 24.2 Å². The number of carbonyl (C=O) groups excluding carboxylic acids is 1. The third kappa shape index (κ3) is 6.97. The summed E-state index contributed by atoms with van der Waals surface area (Å²) in [5, 5.41) is 11.4. The number of benzene rings is 2. The third-order valence-electron chi connectivity index (χ3n) is 12.7. The summed E-state index contributed by atoms with van der Waals surface area (Å²) < 4.78 is 50.8. The molecule has 3 heterocycles. The number of carbonyl (C=O) groups is 1. The summed E-state index contributed by atoms with van der Waals surface area (Å²) in [7, 11) is -0.775. The Hall–Kier alpha value is -4.18. The molecule has 0 radical (unpaired) electrons. The van der Waals surface area contributed by atoms with Gasteiger partial charge in [0.2, 0.25) is 0 Å². The van der Waals surface area contributed by atoms with Crippen LogP contribution in [-0.4, -0.2) is 74.1 Å². The van der Waals surface area contributed by atoms with Gasteiger partial charge < -0.3 is 24.2 Å². The van der Waals surface area contributed by atoms with Gasteiger partial charge in [0, 0.05) is 54.6 Å². The van der Waals surface area contributed by atoms with Crippen LogP contribution < -0.4 is 14.4 Å². The first kappa shape index (κ1) is 39.1. The van der Waals surface area contributed by atoms with E-state index in [-0.39, 0.29) is 54.0 Å². The van der Waals surface area contributed by atoms with E-state index >= 15 is 8.78 Å². The van der Waals surface area contributed by atoms with E-state index in [0.29, 0.717) is 69.4 Å². The topological polar surface area (TPSA) is 107 Å². The number of hydrogen-bond donors (Lipinski definition) is 1. The number of ketones is 1. The first-order valence-corrected chi connectivity index (χ1v) is 21.8. The molecule has 12 heteroatoms. The molecule has 1 atom stereocenters. The lowest BCUT2D eigenvalue weighted by Crippen LogP contribution is -2.53. The Morgan fingerprint density at radius 2 is 1.75 bits per heavy atom. The minimum Gasteiger partial charge on any atom is -0.468 e. The molecule has 3 fully saturated rings. The standard InChI is InChI=1S/C43H52F2N4O5Si/c1-26(2)55(27(3)4,28(5)6)18-12-31-34(44)10-9-29-19-30(54-25-52-7)20-32(36(29)31)38-37(45)39-33(21-46-38)40(48-41(47-39)53-24-42(23-50)15-16-42)49-17-8-13-43(22-49)14-11-35(43)51/h9-10,19-21,26-28,50H,8,11,13-17,22-25H2,1-7H3/t43-/m0/s1. The molecule has 2 aliphatic carbocycles. The summed E-state index contributed by atoms with van der Waals surface area (Å²) in [6, 6.07) is 6.44. The van der Waals surface area contributed by atoms with Gasteiger partial charge in [-0.25, -0.2) is 8.78 Å². The molecule has 0 bridgehead atoms. The van der Waals surface area contributed by atoms with Crippen molar-refractivity contribution < 1.29 is 32.9 Å². The number of aliphatic hydroxyl groups excluding tert-OH is 1. The van der Waals surface area contributed by atoms with Crippen molar-refractivity contribution in [1.29, 1.82) is 0 Å². The van der Waals surface area contributed by atoms with E-state index in [4.69, 9.17) is 24.2 Å². The van der Waals surface area contributed by atoms with E-state index in [1.807, 2.05) is 4.90 Å². The largest absolute Gasteiger partial charge is 0.468 e. The van der Waals surface area contributed by atoms with Crippen LogP contribution in [0.2, 0.25) is 16.6 Å². The number of piperidine rings is 1. The highest BCUT2D eigenvalue weighted by atomic mass is 28.3. The third-order valence-corrected chi connectivity index (χ3v) is 18.9. The number of methoxy groups -OCH3 is 1. The van der Waals surface area contributed by atoms with Gasteiger partial charge in [-0.3, -0.25) is 9.78 Å². The summed E-state index contributed by atoms with van der Waals surface area (Å²) in [6.07, 6.45) is 6.17. The fourth-order valence-corrected chi connectivity index (χ4v) is 14.3. The molecule has 2 aromatic carbocycles. The number of anilines is 1. The molecule has 4 aromatic rings. The fraction of sp³-hybridized carbons (Fsp3) is 0.535. The lowest BCUT2D eigenvalue weighted by Gasteiger charge is -2.47. The van der Waals surface area contributed by atoms with Crippen LogP contribution in [0.4, 0.5) is 14.6 Å². The highest BCUT2D eigenvalue weighted by Crippen LogP contribution is 2.48. The Bertz CT molecular complexity index is 2180. The minimum atomic E-state index is -2.29. The predicted octanol–water partition coefficient (Wildman–Crippen LogP) is 8.78. The molecule has 0 unspecified atom stereocenters. The number of hydrogen-bond acceptors (Lipinski definition) is 9. The molecule has 1 N–H and O–H groups in total. The number of ether oxygens (including phenoxy) is 3. The maximum atomic E-state index is 17.5. The molecule has 0 amide bonds. The molecule has 3 aliphatic rings. The van der Waals surface area contributed by atoms with Crippen LogP contribution in [0.1, 0.15) is 85.6 Å². The number of halogens is 2. The van der Waals surface area contributed by atoms with Crippen molar-refractivity contribution in [3.63, 3.8) is 0 Å². The van der Waals surface area contributed by atoms with Crippen molar-refractivity contribution in [1.82, 2.24) is 15.0 Å². The van der Waals surface area contributed by atoms with E-state index in [1.54, 1.807) is 24.4 Å². The lowest BCUT2D eigenvalue weighted by molar-refractivity contribution is -0.138. The van der Waals surface area contributed by atoms with Crippen LogP contribution >= 0.6 is 0 Å². The molecule has 2 saturated carbocycles. The Labute approximate surface area is 323 Å². The van der Waals surface area contributed by atoms with E-state index < -0.39 is 25.1 Å². The van der Waals surface area contributed by atoms with Crippen LogP contribution in [0.25, 0.3) is 32.9 Å². The number of Topliss-reactive ketones (excluding diaryl/α,β-unsaturated/α-hetero) is 1. The van der Waals surface area contributed by atoms with Crippen molar-refractivity contribution in [3.8, 4) is 34.5 Å². The molecule has 1 spiro atoms. The number of aromatic nitrogens is 3. The van der Waals surface area contributed by atoms with Gasteiger partial charge in [0.1, 0.15) is 42.5 Å². The monoisotopic (exact) mass is 770 g/mol. The summed E-state index contributed by atoms with van der Waals surface area (Å²) >= 11 is 0. The Kier molecular flexibility index (Phi) is 10.7. The molecule has 2 aromatic heterocycles. The predicted molar refractivity (Wildman–Crippen MR) is 213 cm³/mol. The first-order chi connectivity index (χ1) is 26.3. The normalized spacial score (nSPS) is 19.4. The Balaban J connectivity index is 1.44. The molecule has 9 nitrogen and oxygen atoms in total. The smallest absolute Gasteiger partial charge is 0.319 e. The zero-order chi connectivity index (χ0) is 39.3. The number of pyridine rings is 1. The van der Waals surface area contributed by atoms with Gasteiger partial charge in [0.15, 0.2) is 12.6 Å². The minimum absolute atomic E-state index is 0.00958. The maximum absolute atomic E-state index is 17.5. The Morgan fingerprint density at radius 3 is 2.36 bits per heavy atom. The number of rotatable bonds is 12. The van der Waals surface area contributed by atoms with Gasteiger partial charge in [-0.1, -0.05) is 53.5 Å². The average molecular weight is 771 g/mol. The molecular weight excluding hydrogens is 719 g/mol. The van der Waals surface area contributed by atoms with Crippen LogP contribution in [0, 0.1) is 33.9 Å². The molecule has 292 valence electrons. The maximum Gasteiger partial charge on any atom is 0.319 e. The fourth-order valence-electron chi connectivity index (χ4n) is 9.12. The van der Waals surface area contributed by atoms with E-state index in [1.165, 1.54) is 13.2 Å². The average Bonchev–Trinajstić information content (AvgIpc) is 3.96. The second kappa shape index (κ2) is 15.0. The van der Waals surface area contributed by atoms with Gasteiger partial charge in [-0.15, -0.1) is 5.54 Å². The van der Waals surface area contributed by atoms with Crippen molar-refractivity contribution in [2.75, 3.05) is 45.1 Å². The molecule has 7 rings (SSSR count). The summed E-state index contributed by atoms with van der Waals surface area (Å²) in [6.45, 7) is 14.4. The first-order valence-electron chi connectivity index (χ1n) is 19.6. The Morgan fingerprint density at radius 1 is 1.00 bits per heavy atom. The zero-order valence-corrected chi connectivity index (χ0v) is 34.0. The molecule has 1 saturated heterocycles. The number of nitrogens with zero attached hydrogens (tertiary/aromatic N) is 4. The van der Waals surface area contributed by atoms with Gasteiger partial charge in [-0.05, 0) is 72.3 Å². The van der Waals surface area contributed by atoms with Gasteiger partial charge in [0.25, 0.3) is 0 Å². The SMILES string of the molecule is COCOc1cc(-c2ncc3c(N4CCC[C@]5(CCC5=O)C4)nc(OCC4(CO)CC4)nc3c2F)c2c(C#C[Si](C(C)C)(C(C)C)C(C)C)c(F)ccc2c1. The summed E-state index contributed by atoms with van der Waals surface area (Å²) in [5.41, 5.74) is 4.25. The van der Waals surface area contributed by atoms with Crippen LogP contribution in [0.15, 0.2) is 30.5 Å². The molecule has 55 heavy (non-hydrogen) atoms. The van der Waals surface area contributed by atoms with E-state index in [0.717, 1.165) is 32.1 Å². The van der Waals surface area contributed by atoms with Crippen LogP contribution in [-0.2, 0) is 9.53 Å². The van der Waals surface area contributed by atoms with Crippen LogP contribution in [0.5, 0.6) is 11.8 Å². The summed E-state index contributed by atoms with van der Waals surface area (Å²) in [4.78, 5) is 29.0. The highest BCUT2D eigenvalue weighted by molar-refractivity contribution is 6.90. The second-order valence-corrected chi connectivity index (χ2v) is 22.5. The van der Waals surface area contributed by atoms with Gasteiger partial charge in [-0.2, -0.15) is 9.97 Å². The lowest BCUT2D eigenvalue weighted by atomic mass is 9.63. The second-order valence-electron chi connectivity index (χ2n) is 16.9. The summed E-state index contributed by atoms with van der Waals surface area (Å²) in [5.74, 6) is 3.17. The van der Waals surface area contributed by atoms with Crippen LogP contribution in [0.3, 0.4) is 0 Å². The van der Waals surface area contributed by atoms with Crippen molar-refractivity contribution in [2.24, 2.45) is 10.8 Å². The van der Waals surface area contributed by atoms with Crippen molar-refractivity contribution in [3.05, 3.63) is 47.7 Å². The number of fused-ring (bicyclic) bond motifs is 2. The van der Waals surface area contributed by atoms with E-state index in [2.05, 4.69) is 58.0 Å². The highest BCUT2D eigenvalue weighted by Gasteiger charge is 2.49. The van der Waals surface area contributed by atoms with Crippen molar-refractivity contribution >= 4 is 41.4 Å². The zero-order valence-electron chi connectivity index (χ0n) is 33.0. The van der Waals surface area contributed by atoms with Gasteiger partial charge >= 0.3 is 6.01 Å². The van der Waals surface area contributed by atoms with Crippen molar-refractivity contribution in [2.45, 2.75) is 96.7 Å². The molecule has 1 aliphatic heterocycles.